The van der Waals surface area contributed by atoms with Gasteiger partial charge < -0.3 is 10.6 Å². The Hall–Kier alpha value is -3.14. The van der Waals surface area contributed by atoms with Crippen LogP contribution in [-0.2, 0) is 13.1 Å². The van der Waals surface area contributed by atoms with Gasteiger partial charge in [0.15, 0.2) is 11.5 Å². The van der Waals surface area contributed by atoms with Gasteiger partial charge in [-0.2, -0.15) is 5.10 Å². The summed E-state index contributed by atoms with van der Waals surface area (Å²) in [5, 5.41) is 18.4. The molecule has 1 aliphatic heterocycles. The van der Waals surface area contributed by atoms with Crippen molar-refractivity contribution >= 4 is 5.91 Å². The third kappa shape index (κ3) is 4.17. The third-order valence-electron chi connectivity index (χ3n) is 4.56. The lowest BCUT2D eigenvalue weighted by atomic mass is 10.00. The molecule has 0 saturated carbocycles. The molecule has 27 heavy (non-hydrogen) atoms. The van der Waals surface area contributed by atoms with E-state index in [1.807, 2.05) is 12.1 Å². The lowest BCUT2D eigenvalue weighted by molar-refractivity contribution is 0.0945. The standard InChI is InChI=1S/C17H21N9O/c27-17(15-10-25(24-23-15)9-13-3-1-5-18-7-13)21-8-14-4-2-6-20-16(14)26-12-19-11-22-26/h2,4,6,10-13,18H,1,3,5,7-9H2,(H,21,27). The first kappa shape index (κ1) is 17.3. The molecule has 1 fully saturated rings. The summed E-state index contributed by atoms with van der Waals surface area (Å²) >= 11 is 0. The van der Waals surface area contributed by atoms with Crippen LogP contribution in [0.15, 0.2) is 37.2 Å². The van der Waals surface area contributed by atoms with Crippen molar-refractivity contribution in [3.63, 3.8) is 0 Å². The highest BCUT2D eigenvalue weighted by molar-refractivity contribution is 5.91. The van der Waals surface area contributed by atoms with Gasteiger partial charge in [0, 0.05) is 24.8 Å². The molecule has 1 atom stereocenters. The van der Waals surface area contributed by atoms with Crippen LogP contribution in [0, 0.1) is 5.92 Å². The molecule has 1 amide bonds. The predicted octanol–water partition coefficient (Wildman–Crippen LogP) is 0.183. The van der Waals surface area contributed by atoms with E-state index in [-0.39, 0.29) is 5.91 Å². The van der Waals surface area contributed by atoms with E-state index in [2.05, 4.69) is 36.0 Å². The average molecular weight is 367 g/mol. The van der Waals surface area contributed by atoms with Crippen LogP contribution in [-0.4, -0.2) is 53.7 Å². The van der Waals surface area contributed by atoms with Gasteiger partial charge in [-0.25, -0.2) is 14.6 Å². The van der Waals surface area contributed by atoms with Gasteiger partial charge in [0.05, 0.1) is 6.20 Å². The first-order valence-corrected chi connectivity index (χ1v) is 8.97. The maximum atomic E-state index is 12.4. The molecular weight excluding hydrogens is 346 g/mol. The SMILES string of the molecule is O=C(NCc1cccnc1-n1cncn1)c1cn(CC2CCCNC2)nn1. The maximum Gasteiger partial charge on any atom is 0.273 e. The topological polar surface area (TPSA) is 115 Å². The quantitative estimate of drug-likeness (QED) is 0.639. The van der Waals surface area contributed by atoms with E-state index < -0.39 is 0 Å². The monoisotopic (exact) mass is 367 g/mol. The molecule has 1 saturated heterocycles. The minimum atomic E-state index is -0.267. The van der Waals surface area contributed by atoms with Crippen molar-refractivity contribution < 1.29 is 4.79 Å². The molecule has 10 nitrogen and oxygen atoms in total. The lowest BCUT2D eigenvalue weighted by Crippen LogP contribution is -2.32. The van der Waals surface area contributed by atoms with Gasteiger partial charge in [-0.15, -0.1) is 5.10 Å². The molecule has 10 heteroatoms. The maximum absolute atomic E-state index is 12.4. The molecule has 2 N–H and O–H groups in total. The summed E-state index contributed by atoms with van der Waals surface area (Å²) in [6.45, 7) is 3.13. The number of carbonyl (C=O) groups is 1. The van der Waals surface area contributed by atoms with Crippen molar-refractivity contribution in [3.8, 4) is 5.82 Å². The highest BCUT2D eigenvalue weighted by Gasteiger charge is 2.17. The number of nitrogens with one attached hydrogen (secondary N) is 2. The van der Waals surface area contributed by atoms with Crippen molar-refractivity contribution in [1.29, 1.82) is 0 Å². The van der Waals surface area contributed by atoms with Crippen LogP contribution in [0.5, 0.6) is 0 Å². The molecule has 0 aliphatic carbocycles. The fourth-order valence-corrected chi connectivity index (χ4v) is 3.19. The van der Waals surface area contributed by atoms with E-state index in [1.54, 1.807) is 28.1 Å². The zero-order chi connectivity index (χ0) is 18.5. The molecule has 3 aromatic heterocycles. The highest BCUT2D eigenvalue weighted by Crippen LogP contribution is 2.12. The summed E-state index contributed by atoms with van der Waals surface area (Å²) < 4.78 is 3.31. The number of carbonyl (C=O) groups excluding carboxylic acids is 1. The predicted molar refractivity (Wildman–Crippen MR) is 95.9 cm³/mol. The van der Waals surface area contributed by atoms with Crippen LogP contribution in [0.25, 0.3) is 5.82 Å². The van der Waals surface area contributed by atoms with Crippen molar-refractivity contribution in [2.24, 2.45) is 5.92 Å². The number of pyridine rings is 1. The lowest BCUT2D eigenvalue weighted by Gasteiger charge is -2.22. The van der Waals surface area contributed by atoms with E-state index in [4.69, 9.17) is 0 Å². The fraction of sp³-hybridized carbons (Fsp3) is 0.412. The van der Waals surface area contributed by atoms with Crippen LogP contribution < -0.4 is 10.6 Å². The molecule has 0 radical (unpaired) electrons. The van der Waals surface area contributed by atoms with Crippen molar-refractivity contribution in [3.05, 3.63) is 48.4 Å². The van der Waals surface area contributed by atoms with Crippen LogP contribution in [0.4, 0.5) is 0 Å². The number of piperidine rings is 1. The first-order valence-electron chi connectivity index (χ1n) is 8.97. The summed E-state index contributed by atoms with van der Waals surface area (Å²) in [4.78, 5) is 20.7. The molecule has 4 heterocycles. The zero-order valence-corrected chi connectivity index (χ0v) is 14.8. The van der Waals surface area contributed by atoms with E-state index in [0.29, 0.717) is 24.0 Å². The van der Waals surface area contributed by atoms with Gasteiger partial charge in [-0.1, -0.05) is 11.3 Å². The molecule has 0 bridgehead atoms. The van der Waals surface area contributed by atoms with Gasteiger partial charge >= 0.3 is 0 Å². The van der Waals surface area contributed by atoms with Crippen LogP contribution in [0.2, 0.25) is 0 Å². The first-order chi connectivity index (χ1) is 13.3. The molecule has 140 valence electrons. The largest absolute Gasteiger partial charge is 0.346 e. The van der Waals surface area contributed by atoms with E-state index in [0.717, 1.165) is 25.2 Å². The Morgan fingerprint density at radius 1 is 1.41 bits per heavy atom. The molecule has 0 aromatic carbocycles. The molecule has 1 aliphatic rings. The summed E-state index contributed by atoms with van der Waals surface area (Å²) in [5.74, 6) is 0.886. The molecule has 4 rings (SSSR count). The Labute approximate surface area is 156 Å². The minimum absolute atomic E-state index is 0.267. The Kier molecular flexibility index (Phi) is 5.15. The smallest absolute Gasteiger partial charge is 0.273 e. The van der Waals surface area contributed by atoms with Crippen LogP contribution in [0.1, 0.15) is 28.9 Å². The van der Waals surface area contributed by atoms with Gasteiger partial charge in [0.2, 0.25) is 0 Å². The molecule has 0 spiro atoms. The van der Waals surface area contributed by atoms with Crippen LogP contribution >= 0.6 is 0 Å². The number of hydrogen-bond donors (Lipinski definition) is 2. The molecule has 3 aromatic rings. The Bertz CT molecular complexity index is 883. The number of aromatic nitrogens is 7. The van der Waals surface area contributed by atoms with E-state index >= 15 is 0 Å². The van der Waals surface area contributed by atoms with Crippen molar-refractivity contribution in [2.45, 2.75) is 25.9 Å². The van der Waals surface area contributed by atoms with Crippen molar-refractivity contribution in [1.82, 2.24) is 45.4 Å². The molecule has 1 unspecified atom stereocenters. The number of nitrogens with zero attached hydrogens (tertiary/aromatic N) is 7. The van der Waals surface area contributed by atoms with Gasteiger partial charge in [0.25, 0.3) is 5.91 Å². The second-order valence-corrected chi connectivity index (χ2v) is 6.55. The molecular formula is C17H21N9O. The Morgan fingerprint density at radius 2 is 2.37 bits per heavy atom. The summed E-state index contributed by atoms with van der Waals surface area (Å²) in [6.07, 6.45) is 8.72. The fourth-order valence-electron chi connectivity index (χ4n) is 3.19. The zero-order valence-electron chi connectivity index (χ0n) is 14.8. The third-order valence-corrected chi connectivity index (χ3v) is 4.56. The summed E-state index contributed by atoms with van der Waals surface area (Å²) in [6, 6.07) is 3.70. The summed E-state index contributed by atoms with van der Waals surface area (Å²) in [7, 11) is 0. The van der Waals surface area contributed by atoms with Crippen molar-refractivity contribution in [2.75, 3.05) is 13.1 Å². The second-order valence-electron chi connectivity index (χ2n) is 6.55. The summed E-state index contributed by atoms with van der Waals surface area (Å²) in [5.41, 5.74) is 1.14. The minimum Gasteiger partial charge on any atom is -0.346 e. The van der Waals surface area contributed by atoms with Gasteiger partial charge in [-0.3, -0.25) is 9.48 Å². The van der Waals surface area contributed by atoms with Crippen LogP contribution in [0.3, 0.4) is 0 Å². The Balaban J connectivity index is 1.38. The van der Waals surface area contributed by atoms with E-state index in [9.17, 15) is 4.79 Å². The van der Waals surface area contributed by atoms with Gasteiger partial charge in [-0.05, 0) is 37.9 Å². The normalized spacial score (nSPS) is 17.0. The second kappa shape index (κ2) is 8.04. The average Bonchev–Trinajstić information content (AvgIpc) is 3.39. The number of amides is 1. The number of rotatable bonds is 6. The highest BCUT2D eigenvalue weighted by atomic mass is 16.2. The van der Waals surface area contributed by atoms with Gasteiger partial charge in [0.1, 0.15) is 12.7 Å². The number of hydrogen-bond acceptors (Lipinski definition) is 7. The van der Waals surface area contributed by atoms with E-state index in [1.165, 1.54) is 19.2 Å². The Morgan fingerprint density at radius 3 is 3.19 bits per heavy atom.